The fourth-order valence-electron chi connectivity index (χ4n) is 5.61. The number of aromatic amines is 1. The predicted octanol–water partition coefficient (Wildman–Crippen LogP) is -3.80. The predicted molar refractivity (Wildman–Crippen MR) is 205 cm³/mol. The van der Waals surface area contributed by atoms with Crippen LogP contribution in [0.25, 0.3) is 10.9 Å². The number of amides is 6. The topological polar surface area (TPSA) is 440 Å². The molecule has 0 aliphatic heterocycles. The van der Waals surface area contributed by atoms with E-state index in [1.807, 2.05) is 21.3 Å². The Kier molecular flexibility index (Phi) is 19.4. The number of para-hydroxylation sites is 1. The van der Waals surface area contributed by atoms with E-state index in [2.05, 4.69) is 15.6 Å². The van der Waals surface area contributed by atoms with Crippen molar-refractivity contribution in [2.24, 2.45) is 5.73 Å². The summed E-state index contributed by atoms with van der Waals surface area (Å²) in [6.45, 7) is 1.19. The Balaban J connectivity index is 2.37. The number of aromatic nitrogens is 1. The quantitative estimate of drug-likeness (QED) is 0.0409. The van der Waals surface area contributed by atoms with Crippen molar-refractivity contribution >= 4 is 82.2 Å². The number of rotatable bonds is 27. The molecule has 0 unspecified atom stereocenters. The number of hydrogen-bond acceptors (Lipinski definition) is 13. The molecule has 26 nitrogen and oxygen atoms in total. The molecule has 62 heavy (non-hydrogen) atoms. The van der Waals surface area contributed by atoms with Crippen LogP contribution in [0, 0.1) is 0 Å². The second-order valence-electron chi connectivity index (χ2n) is 13.7. The van der Waals surface area contributed by atoms with Gasteiger partial charge in [0.05, 0.1) is 25.3 Å². The monoisotopic (exact) mass is 878 g/mol. The molecule has 0 fully saturated rings. The van der Waals surface area contributed by atoms with Crippen molar-refractivity contribution in [2.45, 2.75) is 101 Å². The fraction of sp³-hybridized carbons (Fsp3) is 0.444. The summed E-state index contributed by atoms with van der Waals surface area (Å²) in [5.74, 6) is -17.6. The lowest BCUT2D eigenvalue weighted by Crippen LogP contribution is -2.60. The molecule has 0 saturated heterocycles. The Morgan fingerprint density at radius 3 is 1.24 bits per heavy atom. The minimum atomic E-state index is -2.20. The Hall–Kier alpha value is -7.64. The lowest BCUT2D eigenvalue weighted by molar-refractivity contribution is -0.144. The summed E-state index contributed by atoms with van der Waals surface area (Å²) in [5, 5.41) is 69.5. The van der Waals surface area contributed by atoms with Gasteiger partial charge < -0.3 is 73.3 Å². The van der Waals surface area contributed by atoms with E-state index < -0.39 is 158 Å². The van der Waals surface area contributed by atoms with E-state index in [9.17, 15) is 88.2 Å². The summed E-state index contributed by atoms with van der Waals surface area (Å²) in [6, 6.07) is -6.09. The van der Waals surface area contributed by atoms with Gasteiger partial charge in [-0.3, -0.25) is 52.7 Å². The van der Waals surface area contributed by atoms with Gasteiger partial charge >= 0.3 is 35.8 Å². The average molecular weight is 879 g/mol. The van der Waals surface area contributed by atoms with Crippen molar-refractivity contribution in [3.05, 3.63) is 36.0 Å². The summed E-state index contributed by atoms with van der Waals surface area (Å²) in [4.78, 5) is 152. The molecule has 0 aliphatic carbocycles. The first kappa shape index (κ1) is 50.5. The van der Waals surface area contributed by atoms with Crippen molar-refractivity contribution in [2.75, 3.05) is 0 Å². The third kappa shape index (κ3) is 16.9. The molecule has 7 atom stereocenters. The Labute approximate surface area is 349 Å². The van der Waals surface area contributed by atoms with E-state index in [0.717, 1.165) is 0 Å². The van der Waals surface area contributed by atoms with Gasteiger partial charge in [-0.05, 0) is 31.4 Å². The number of hydrogen-bond donors (Lipinski definition) is 14. The van der Waals surface area contributed by atoms with Gasteiger partial charge in [0.25, 0.3) is 0 Å². The first-order valence-corrected chi connectivity index (χ1v) is 18.4. The largest absolute Gasteiger partial charge is 0.481 e. The molecular formula is C36H46N8O18. The Bertz CT molecular complexity index is 2050. The number of aliphatic carboxylic acids is 6. The zero-order chi connectivity index (χ0) is 46.8. The van der Waals surface area contributed by atoms with Gasteiger partial charge in [0.2, 0.25) is 35.4 Å². The maximum Gasteiger partial charge on any atom is 0.326 e. The van der Waals surface area contributed by atoms with Crippen molar-refractivity contribution < 1.29 is 88.2 Å². The molecule has 1 aromatic carbocycles. The molecule has 1 aromatic heterocycles. The number of carboxylic acid groups (broad SMARTS) is 6. The molecule has 1 heterocycles. The van der Waals surface area contributed by atoms with Gasteiger partial charge in [0, 0.05) is 36.4 Å². The van der Waals surface area contributed by atoms with E-state index >= 15 is 0 Å². The minimum absolute atomic E-state index is 0.275. The van der Waals surface area contributed by atoms with Crippen LogP contribution in [0.2, 0.25) is 0 Å². The summed E-state index contributed by atoms with van der Waals surface area (Å²) < 4.78 is 0. The number of carboxylic acids is 6. The normalized spacial score (nSPS) is 14.2. The lowest BCUT2D eigenvalue weighted by atomic mass is 10.0. The summed E-state index contributed by atoms with van der Waals surface area (Å²) in [5.41, 5.74) is 6.56. The van der Waals surface area contributed by atoms with E-state index in [1.54, 1.807) is 24.3 Å². The smallest absolute Gasteiger partial charge is 0.326 e. The maximum absolute atomic E-state index is 13.6. The highest BCUT2D eigenvalue weighted by Crippen LogP contribution is 2.19. The SMILES string of the molecule is C[C@H](N)C(=O)N[C@@H](CC(=O)O)C(=O)N[C@@H](CC(=O)O)C(=O)N[C@@H](CC(=O)O)C(=O)N[C@@H](CCC(=O)O)C(=O)N[C@@H](CCC(=O)O)C(=O)N[C@@H](Cc1c[nH]c2ccccc12)C(=O)O. The minimum Gasteiger partial charge on any atom is -0.481 e. The maximum atomic E-state index is 13.6. The highest BCUT2D eigenvalue weighted by atomic mass is 16.4. The number of H-pyrrole nitrogens is 1. The van der Waals surface area contributed by atoms with Gasteiger partial charge in [-0.1, -0.05) is 18.2 Å². The van der Waals surface area contributed by atoms with Crippen molar-refractivity contribution in [3.63, 3.8) is 0 Å². The zero-order valence-electron chi connectivity index (χ0n) is 32.7. The number of benzene rings is 1. The Morgan fingerprint density at radius 1 is 0.516 bits per heavy atom. The molecule has 0 aliphatic rings. The van der Waals surface area contributed by atoms with Crippen molar-refractivity contribution in [1.29, 1.82) is 0 Å². The van der Waals surface area contributed by atoms with E-state index in [0.29, 0.717) is 16.5 Å². The highest BCUT2D eigenvalue weighted by Gasteiger charge is 2.36. The second kappa shape index (κ2) is 23.8. The summed E-state index contributed by atoms with van der Waals surface area (Å²) in [6.07, 6.45) is -5.38. The first-order chi connectivity index (χ1) is 29.0. The number of nitrogens with two attached hydrogens (primary N) is 1. The summed E-state index contributed by atoms with van der Waals surface area (Å²) >= 11 is 0. The standard InChI is InChI=1S/C36H46N8O18/c1-15(37)30(55)41-21(11-27(49)50)34(59)43-23(13-29(53)54)35(60)42-22(12-28(51)52)33(58)40-19(6-8-25(45)46)31(56)39-20(7-9-26(47)48)32(57)44-24(36(61)62)10-16-14-38-18-5-3-2-4-17(16)18/h2-5,14-15,19-24,38H,6-13,37H2,1H3,(H,39,56)(H,40,58)(H,41,55)(H,42,60)(H,43,59)(H,44,57)(H,45,46)(H,47,48)(H,49,50)(H,51,52)(H,53,54)(H,61,62)/t15-,19-,20-,21-,22-,23-,24-/m0/s1. The molecular weight excluding hydrogens is 832 g/mol. The van der Waals surface area contributed by atoms with Gasteiger partial charge in [0.15, 0.2) is 0 Å². The number of fused-ring (bicyclic) bond motifs is 1. The Morgan fingerprint density at radius 2 is 0.871 bits per heavy atom. The van der Waals surface area contributed by atoms with Crippen molar-refractivity contribution in [3.8, 4) is 0 Å². The first-order valence-electron chi connectivity index (χ1n) is 18.4. The van der Waals surface area contributed by atoms with Crippen LogP contribution in [-0.4, -0.2) is 149 Å². The molecule has 0 bridgehead atoms. The van der Waals surface area contributed by atoms with Crippen LogP contribution in [0.3, 0.4) is 0 Å². The van der Waals surface area contributed by atoms with Crippen LogP contribution in [0.4, 0.5) is 0 Å². The molecule has 0 radical (unpaired) electrons. The molecule has 15 N–H and O–H groups in total. The third-order valence-corrected chi connectivity index (χ3v) is 8.72. The molecule has 338 valence electrons. The van der Waals surface area contributed by atoms with Gasteiger partial charge in [-0.25, -0.2) is 4.79 Å². The van der Waals surface area contributed by atoms with E-state index in [4.69, 9.17) is 5.73 Å². The van der Waals surface area contributed by atoms with Crippen LogP contribution in [0.1, 0.15) is 57.4 Å². The molecule has 0 saturated carbocycles. The fourth-order valence-corrected chi connectivity index (χ4v) is 5.61. The van der Waals surface area contributed by atoms with Crippen LogP contribution < -0.4 is 37.6 Å². The third-order valence-electron chi connectivity index (χ3n) is 8.72. The molecule has 2 rings (SSSR count). The van der Waals surface area contributed by atoms with E-state index in [-0.39, 0.29) is 6.42 Å². The molecule has 0 spiro atoms. The average Bonchev–Trinajstić information content (AvgIpc) is 3.58. The van der Waals surface area contributed by atoms with Crippen LogP contribution in [-0.2, 0) is 64.0 Å². The molecule has 2 aromatic rings. The molecule has 6 amide bonds. The van der Waals surface area contributed by atoms with Gasteiger partial charge in [0.1, 0.15) is 36.3 Å². The number of carbonyl (C=O) groups is 12. The lowest BCUT2D eigenvalue weighted by Gasteiger charge is -2.26. The molecule has 26 heteroatoms. The summed E-state index contributed by atoms with van der Waals surface area (Å²) in [7, 11) is 0. The van der Waals surface area contributed by atoms with Crippen molar-refractivity contribution in [1.82, 2.24) is 36.9 Å². The van der Waals surface area contributed by atoms with Gasteiger partial charge in [-0.15, -0.1) is 0 Å². The van der Waals surface area contributed by atoms with E-state index in [1.165, 1.54) is 13.1 Å². The highest BCUT2D eigenvalue weighted by molar-refractivity contribution is 5.99. The number of nitrogens with one attached hydrogen (secondary N) is 7. The van der Waals surface area contributed by atoms with Crippen LogP contribution in [0.15, 0.2) is 30.5 Å². The second-order valence-corrected chi connectivity index (χ2v) is 13.7. The number of carbonyl (C=O) groups excluding carboxylic acids is 6. The zero-order valence-corrected chi connectivity index (χ0v) is 32.7. The van der Waals surface area contributed by atoms with Crippen LogP contribution >= 0.6 is 0 Å². The van der Waals surface area contributed by atoms with Gasteiger partial charge in [-0.2, -0.15) is 0 Å². The van der Waals surface area contributed by atoms with Crippen LogP contribution in [0.5, 0.6) is 0 Å².